The second-order valence-corrected chi connectivity index (χ2v) is 10.8. The fraction of sp³-hybridized carbons (Fsp3) is 0.286. The van der Waals surface area contributed by atoms with Crippen molar-refractivity contribution in [3.63, 3.8) is 0 Å². The van der Waals surface area contributed by atoms with Crippen LogP contribution in [0.1, 0.15) is 49.4 Å². The van der Waals surface area contributed by atoms with Gasteiger partial charge in [0.05, 0.1) is 11.4 Å². The lowest BCUT2D eigenvalue weighted by molar-refractivity contribution is 0.102. The molecule has 0 saturated heterocycles. The lowest BCUT2D eigenvalue weighted by atomic mass is 10.0. The summed E-state index contributed by atoms with van der Waals surface area (Å²) in [6.07, 6.45) is 0. The summed E-state index contributed by atoms with van der Waals surface area (Å²) in [5, 5.41) is 19.0. The topological polar surface area (TPSA) is 134 Å². The van der Waals surface area contributed by atoms with E-state index in [-0.39, 0.29) is 20.7 Å². The van der Waals surface area contributed by atoms with Crippen molar-refractivity contribution in [3.05, 3.63) is 54.9 Å². The smallest absolute Gasteiger partial charge is 0.267 e. The van der Waals surface area contributed by atoms with Gasteiger partial charge in [0.15, 0.2) is 0 Å². The van der Waals surface area contributed by atoms with Gasteiger partial charge in [0, 0.05) is 10.4 Å². The van der Waals surface area contributed by atoms with Crippen molar-refractivity contribution in [3.8, 4) is 0 Å². The molecule has 1 amide bonds. The first-order valence-corrected chi connectivity index (χ1v) is 12.4. The number of oxime groups is 1. The van der Waals surface area contributed by atoms with Crippen LogP contribution in [0, 0.1) is 34.6 Å². The molecule has 0 fully saturated rings. The monoisotopic (exact) mass is 510 g/mol. The molecular weight excluding hydrogens is 488 g/mol. The van der Waals surface area contributed by atoms with Crippen molar-refractivity contribution in [1.29, 1.82) is 0 Å². The average molecular weight is 511 g/mol. The number of thiophene rings is 1. The van der Waals surface area contributed by atoms with Gasteiger partial charge in [0.1, 0.15) is 20.5 Å². The molecule has 0 aliphatic rings. The standard InChI is InChI=1S/C21H23ClN4O5S2/c1-9-7-10(2)17(15(8-9)12(4)24-28)23-20(27)18-19(11(3)14(6)32-18)33(29,30)26-21-16(22)13(5)25-31-21/h7-8,26,28H,1-6H3,(H,23,27)/b24-12+. The van der Waals surface area contributed by atoms with Gasteiger partial charge in [-0.25, -0.2) is 13.1 Å². The Kier molecular flexibility index (Phi) is 6.87. The van der Waals surface area contributed by atoms with Crippen molar-refractivity contribution >= 4 is 56.2 Å². The summed E-state index contributed by atoms with van der Waals surface area (Å²) < 4.78 is 33.7. The summed E-state index contributed by atoms with van der Waals surface area (Å²) in [5.74, 6) is -0.842. The van der Waals surface area contributed by atoms with Gasteiger partial charge in [-0.2, -0.15) is 0 Å². The molecule has 3 N–H and O–H groups in total. The number of hydrogen-bond donors (Lipinski definition) is 3. The highest BCUT2D eigenvalue weighted by molar-refractivity contribution is 7.93. The molecular formula is C21H23ClN4O5S2. The van der Waals surface area contributed by atoms with E-state index in [0.29, 0.717) is 33.1 Å². The largest absolute Gasteiger partial charge is 0.411 e. The maximum absolute atomic E-state index is 13.3. The van der Waals surface area contributed by atoms with Crippen LogP contribution in [0.3, 0.4) is 0 Å². The van der Waals surface area contributed by atoms with E-state index in [1.807, 2.05) is 13.0 Å². The van der Waals surface area contributed by atoms with E-state index in [1.54, 1.807) is 40.7 Å². The van der Waals surface area contributed by atoms with Gasteiger partial charge in [-0.1, -0.05) is 33.5 Å². The van der Waals surface area contributed by atoms with Gasteiger partial charge >= 0.3 is 0 Å². The molecule has 2 aromatic heterocycles. The lowest BCUT2D eigenvalue weighted by Crippen LogP contribution is -2.20. The molecule has 0 spiro atoms. The van der Waals surface area contributed by atoms with Crippen molar-refractivity contribution in [2.45, 2.75) is 46.4 Å². The first-order valence-electron chi connectivity index (χ1n) is 9.73. The Morgan fingerprint density at radius 1 is 1.21 bits per heavy atom. The molecule has 0 aliphatic carbocycles. The number of amides is 1. The van der Waals surface area contributed by atoms with Crippen LogP contribution in [0.2, 0.25) is 5.02 Å². The third-order valence-electron chi connectivity index (χ3n) is 5.08. The zero-order chi connectivity index (χ0) is 24.7. The van der Waals surface area contributed by atoms with Gasteiger partial charge in [0.25, 0.3) is 21.8 Å². The second kappa shape index (κ2) is 9.16. The third kappa shape index (κ3) is 4.75. The maximum Gasteiger partial charge on any atom is 0.267 e. The highest BCUT2D eigenvalue weighted by atomic mass is 35.5. The fourth-order valence-electron chi connectivity index (χ4n) is 3.32. The highest BCUT2D eigenvalue weighted by Gasteiger charge is 2.31. The summed E-state index contributed by atoms with van der Waals surface area (Å²) in [4.78, 5) is 13.8. The number of nitrogens with zero attached hydrogens (tertiary/aromatic N) is 2. The quantitative estimate of drug-likeness (QED) is 0.237. The van der Waals surface area contributed by atoms with Crippen molar-refractivity contribution < 1.29 is 22.9 Å². The third-order valence-corrected chi connectivity index (χ3v) is 8.36. The molecule has 2 heterocycles. The average Bonchev–Trinajstić information content (AvgIpc) is 3.22. The molecule has 33 heavy (non-hydrogen) atoms. The van der Waals surface area contributed by atoms with Crippen LogP contribution in [0.4, 0.5) is 11.6 Å². The van der Waals surface area contributed by atoms with Gasteiger partial charge in [0.2, 0.25) is 0 Å². The number of benzene rings is 1. The van der Waals surface area contributed by atoms with Gasteiger partial charge in [-0.05, 0) is 58.7 Å². The van der Waals surface area contributed by atoms with E-state index in [1.165, 1.54) is 0 Å². The molecule has 0 radical (unpaired) electrons. The number of hydrogen-bond acceptors (Lipinski definition) is 8. The summed E-state index contributed by atoms with van der Waals surface area (Å²) in [5.41, 5.74) is 3.67. The normalized spacial score (nSPS) is 12.2. The van der Waals surface area contributed by atoms with Crippen LogP contribution in [-0.4, -0.2) is 30.4 Å². The number of nitrogens with one attached hydrogen (secondary N) is 2. The molecule has 1 aromatic carbocycles. The van der Waals surface area contributed by atoms with Gasteiger partial charge in [-0.3, -0.25) is 4.79 Å². The van der Waals surface area contributed by atoms with Crippen LogP contribution in [0.5, 0.6) is 0 Å². The number of rotatable bonds is 6. The number of halogens is 1. The molecule has 0 bridgehead atoms. The highest BCUT2D eigenvalue weighted by Crippen LogP contribution is 2.35. The molecule has 0 aliphatic heterocycles. The number of aromatic nitrogens is 1. The van der Waals surface area contributed by atoms with Crippen molar-refractivity contribution in [2.75, 3.05) is 10.0 Å². The molecule has 3 aromatic rings. The molecule has 12 heteroatoms. The van der Waals surface area contributed by atoms with Crippen molar-refractivity contribution in [2.24, 2.45) is 5.16 Å². The Labute approximate surface area is 200 Å². The predicted octanol–water partition coefficient (Wildman–Crippen LogP) is 5.18. The molecule has 0 atom stereocenters. The Hall–Kier alpha value is -2.89. The minimum Gasteiger partial charge on any atom is -0.411 e. The fourth-order valence-corrected chi connectivity index (χ4v) is 6.34. The number of carbonyl (C=O) groups excluding carboxylic acids is 1. The summed E-state index contributed by atoms with van der Waals surface area (Å²) in [6, 6.07) is 3.64. The van der Waals surface area contributed by atoms with E-state index >= 15 is 0 Å². The van der Waals surface area contributed by atoms with E-state index in [0.717, 1.165) is 22.5 Å². The Morgan fingerprint density at radius 3 is 2.45 bits per heavy atom. The number of sulfonamides is 1. The maximum atomic E-state index is 13.3. The molecule has 176 valence electrons. The van der Waals surface area contributed by atoms with Crippen LogP contribution < -0.4 is 10.0 Å². The zero-order valence-electron chi connectivity index (χ0n) is 18.8. The SMILES string of the molecule is C/C(=N\O)c1cc(C)cc(C)c1NC(=O)c1sc(C)c(C)c1S(=O)(=O)Nc1onc(C)c1Cl. The van der Waals surface area contributed by atoms with Crippen LogP contribution >= 0.6 is 22.9 Å². The first-order chi connectivity index (χ1) is 15.4. The summed E-state index contributed by atoms with van der Waals surface area (Å²) in [6.45, 7) is 10.2. The van der Waals surface area contributed by atoms with Crippen molar-refractivity contribution in [1.82, 2.24) is 5.16 Å². The Balaban J connectivity index is 2.07. The van der Waals surface area contributed by atoms with Gasteiger partial charge in [-0.15, -0.1) is 11.3 Å². The number of anilines is 2. The lowest BCUT2D eigenvalue weighted by Gasteiger charge is -2.15. The molecule has 0 unspecified atom stereocenters. The minimum absolute atomic E-state index is 0.00521. The van der Waals surface area contributed by atoms with Crippen LogP contribution in [-0.2, 0) is 10.0 Å². The number of aryl methyl sites for hydroxylation is 4. The summed E-state index contributed by atoms with van der Waals surface area (Å²) >= 11 is 7.11. The van der Waals surface area contributed by atoms with E-state index in [2.05, 4.69) is 20.4 Å². The Bertz CT molecular complexity index is 1390. The van der Waals surface area contributed by atoms with Crippen LogP contribution in [0.25, 0.3) is 0 Å². The number of carbonyl (C=O) groups is 1. The first kappa shape index (κ1) is 24.7. The molecule has 3 rings (SSSR count). The zero-order valence-corrected chi connectivity index (χ0v) is 21.2. The summed E-state index contributed by atoms with van der Waals surface area (Å²) in [7, 11) is -4.23. The van der Waals surface area contributed by atoms with E-state index in [4.69, 9.17) is 16.1 Å². The van der Waals surface area contributed by atoms with Crippen LogP contribution in [0.15, 0.2) is 26.7 Å². The molecule has 0 saturated carbocycles. The van der Waals surface area contributed by atoms with E-state index in [9.17, 15) is 18.4 Å². The Morgan fingerprint density at radius 2 is 1.88 bits per heavy atom. The van der Waals surface area contributed by atoms with E-state index < -0.39 is 15.9 Å². The minimum atomic E-state index is -4.23. The molecule has 9 nitrogen and oxygen atoms in total. The predicted molar refractivity (Wildman–Crippen MR) is 129 cm³/mol. The second-order valence-electron chi connectivity index (χ2n) is 7.60. The van der Waals surface area contributed by atoms with Gasteiger partial charge < -0.3 is 15.0 Å².